The van der Waals surface area contributed by atoms with Crippen molar-refractivity contribution >= 4 is 17.0 Å². The van der Waals surface area contributed by atoms with E-state index in [0.29, 0.717) is 5.92 Å². The summed E-state index contributed by atoms with van der Waals surface area (Å²) in [6.07, 6.45) is 5.17. The van der Waals surface area contributed by atoms with Gasteiger partial charge in [-0.15, -0.1) is 11.3 Å². The first-order valence-electron chi connectivity index (χ1n) is 5.85. The molecule has 0 saturated heterocycles. The molecule has 0 spiro atoms. The summed E-state index contributed by atoms with van der Waals surface area (Å²) in [6, 6.07) is 0. The maximum atomic E-state index is 4.66. The molecule has 0 bridgehead atoms. The Labute approximate surface area is 102 Å². The highest BCUT2D eigenvalue weighted by atomic mass is 32.1. The van der Waals surface area contributed by atoms with Crippen LogP contribution in [0.15, 0.2) is 22.5 Å². The maximum Gasteiger partial charge on any atom is 0.0994 e. The van der Waals surface area contributed by atoms with Crippen LogP contribution in [-0.2, 0) is 0 Å². The lowest BCUT2D eigenvalue weighted by atomic mass is 10.1. The van der Waals surface area contributed by atoms with Crippen LogP contribution in [0.1, 0.15) is 50.7 Å². The highest BCUT2D eigenvalue weighted by Gasteiger charge is 2.10. The number of allylic oxidation sites excluding steroid dienone is 2. The van der Waals surface area contributed by atoms with Crippen LogP contribution in [0.3, 0.4) is 0 Å². The lowest BCUT2D eigenvalue weighted by Crippen LogP contribution is -1.99. The molecule has 0 aliphatic carbocycles. The summed E-state index contributed by atoms with van der Waals surface area (Å²) >= 11 is 1.74. The minimum Gasteiger partial charge on any atom is -0.283 e. The summed E-state index contributed by atoms with van der Waals surface area (Å²) in [4.78, 5) is 9.11. The number of nitrogens with zero attached hydrogens (tertiary/aromatic N) is 2. The normalized spacial score (nSPS) is 14.6. The van der Waals surface area contributed by atoms with Crippen LogP contribution in [0.2, 0.25) is 0 Å². The Morgan fingerprint density at radius 1 is 1.56 bits per heavy atom. The van der Waals surface area contributed by atoms with E-state index in [4.69, 9.17) is 0 Å². The number of rotatable bonds is 5. The Hall–Kier alpha value is -0.960. The second kappa shape index (κ2) is 6.59. The van der Waals surface area contributed by atoms with Gasteiger partial charge >= 0.3 is 0 Å². The zero-order chi connectivity index (χ0) is 12.0. The number of hydrogen-bond acceptors (Lipinski definition) is 3. The number of aliphatic imine (C=N–C) groups is 1. The lowest BCUT2D eigenvalue weighted by Gasteiger charge is -2.02. The van der Waals surface area contributed by atoms with Gasteiger partial charge in [0.25, 0.3) is 0 Å². The van der Waals surface area contributed by atoms with Crippen molar-refractivity contribution in [1.82, 2.24) is 4.98 Å². The van der Waals surface area contributed by atoms with Gasteiger partial charge in [0.15, 0.2) is 0 Å². The molecule has 0 aliphatic rings. The monoisotopic (exact) mass is 236 g/mol. The van der Waals surface area contributed by atoms with Gasteiger partial charge in [-0.2, -0.15) is 0 Å². The summed E-state index contributed by atoms with van der Waals surface area (Å²) in [5.74, 6) is 0.548. The van der Waals surface area contributed by atoms with Crippen molar-refractivity contribution in [2.75, 3.05) is 6.54 Å². The molecule has 0 aromatic carbocycles. The zero-order valence-corrected chi connectivity index (χ0v) is 11.3. The zero-order valence-electron chi connectivity index (χ0n) is 10.5. The molecule has 16 heavy (non-hydrogen) atoms. The van der Waals surface area contributed by atoms with E-state index in [-0.39, 0.29) is 0 Å². The van der Waals surface area contributed by atoms with Crippen LogP contribution >= 0.6 is 11.3 Å². The van der Waals surface area contributed by atoms with E-state index < -0.39 is 0 Å². The van der Waals surface area contributed by atoms with E-state index in [1.54, 1.807) is 11.3 Å². The molecule has 0 saturated carbocycles. The third kappa shape index (κ3) is 3.27. The molecule has 1 aromatic heterocycles. The number of hydrogen-bond donors (Lipinski definition) is 0. The van der Waals surface area contributed by atoms with Crippen LogP contribution < -0.4 is 0 Å². The first kappa shape index (κ1) is 13.1. The van der Waals surface area contributed by atoms with Crippen molar-refractivity contribution in [3.63, 3.8) is 0 Å². The van der Waals surface area contributed by atoms with E-state index in [2.05, 4.69) is 29.2 Å². The summed E-state index contributed by atoms with van der Waals surface area (Å²) in [5.41, 5.74) is 2.01. The molecule has 0 aliphatic heterocycles. The fraction of sp³-hybridized carbons (Fsp3) is 0.538. The molecule has 0 radical (unpaired) electrons. The lowest BCUT2D eigenvalue weighted by molar-refractivity contribution is 0.726. The molecular weight excluding hydrogens is 216 g/mol. The molecule has 1 aromatic rings. The van der Waals surface area contributed by atoms with Crippen molar-refractivity contribution in [2.45, 2.75) is 40.0 Å². The minimum atomic E-state index is 0.548. The average Bonchev–Trinajstić information content (AvgIpc) is 2.77. The Bertz CT molecular complexity index is 377. The van der Waals surface area contributed by atoms with Gasteiger partial charge in [-0.1, -0.05) is 19.9 Å². The first-order chi connectivity index (χ1) is 7.72. The Kier molecular flexibility index (Phi) is 5.39. The maximum absolute atomic E-state index is 4.66. The van der Waals surface area contributed by atoms with Gasteiger partial charge in [0, 0.05) is 17.8 Å². The van der Waals surface area contributed by atoms with Gasteiger partial charge in [0.2, 0.25) is 0 Å². The SMILES string of the molecule is C/C=C\C(=NCC)c1csc(C(C)CC)n1. The fourth-order valence-electron chi connectivity index (χ4n) is 1.35. The predicted molar refractivity (Wildman–Crippen MR) is 72.7 cm³/mol. The molecule has 2 nitrogen and oxygen atoms in total. The Morgan fingerprint density at radius 2 is 2.31 bits per heavy atom. The Balaban J connectivity index is 2.94. The Morgan fingerprint density at radius 3 is 2.88 bits per heavy atom. The van der Waals surface area contributed by atoms with E-state index in [0.717, 1.165) is 24.4 Å². The smallest absolute Gasteiger partial charge is 0.0994 e. The predicted octanol–water partition coefficient (Wildman–Crippen LogP) is 4.04. The first-order valence-corrected chi connectivity index (χ1v) is 6.73. The van der Waals surface area contributed by atoms with E-state index in [1.165, 1.54) is 5.01 Å². The highest BCUT2D eigenvalue weighted by molar-refractivity contribution is 7.10. The van der Waals surface area contributed by atoms with Gasteiger partial charge in [-0.3, -0.25) is 4.99 Å². The van der Waals surface area contributed by atoms with Gasteiger partial charge < -0.3 is 0 Å². The second-order valence-corrected chi connectivity index (χ2v) is 4.63. The van der Waals surface area contributed by atoms with Crippen LogP contribution in [-0.4, -0.2) is 17.2 Å². The van der Waals surface area contributed by atoms with Crippen molar-refractivity contribution in [3.05, 3.63) is 28.2 Å². The van der Waals surface area contributed by atoms with Gasteiger partial charge in [0.05, 0.1) is 16.4 Å². The van der Waals surface area contributed by atoms with Gasteiger partial charge in [-0.05, 0) is 26.3 Å². The summed E-state index contributed by atoms with van der Waals surface area (Å²) < 4.78 is 0. The highest BCUT2D eigenvalue weighted by Crippen LogP contribution is 2.22. The van der Waals surface area contributed by atoms with Crippen LogP contribution in [0, 0.1) is 0 Å². The van der Waals surface area contributed by atoms with Gasteiger partial charge in [-0.25, -0.2) is 4.98 Å². The summed E-state index contributed by atoms with van der Waals surface area (Å²) in [5, 5.41) is 3.32. The molecule has 1 rings (SSSR count). The molecule has 3 heteroatoms. The third-order valence-corrected chi connectivity index (χ3v) is 3.55. The largest absolute Gasteiger partial charge is 0.283 e. The molecule has 1 atom stereocenters. The molecular formula is C13H20N2S. The number of aromatic nitrogens is 1. The van der Waals surface area contributed by atoms with Gasteiger partial charge in [0.1, 0.15) is 0 Å². The van der Waals surface area contributed by atoms with Crippen LogP contribution in [0.25, 0.3) is 0 Å². The average molecular weight is 236 g/mol. The van der Waals surface area contributed by atoms with Crippen LogP contribution in [0.5, 0.6) is 0 Å². The van der Waals surface area contributed by atoms with E-state index in [9.17, 15) is 0 Å². The number of thiazole rings is 1. The summed E-state index contributed by atoms with van der Waals surface area (Å²) in [7, 11) is 0. The van der Waals surface area contributed by atoms with Crippen LogP contribution in [0.4, 0.5) is 0 Å². The van der Waals surface area contributed by atoms with Crippen molar-refractivity contribution in [2.24, 2.45) is 4.99 Å². The van der Waals surface area contributed by atoms with Crippen molar-refractivity contribution in [3.8, 4) is 0 Å². The molecule has 0 N–H and O–H groups in total. The molecule has 0 amide bonds. The quantitative estimate of drug-likeness (QED) is 0.708. The van der Waals surface area contributed by atoms with E-state index in [1.807, 2.05) is 26.0 Å². The van der Waals surface area contributed by atoms with Crippen molar-refractivity contribution < 1.29 is 0 Å². The fourth-order valence-corrected chi connectivity index (χ4v) is 2.31. The summed E-state index contributed by atoms with van der Waals surface area (Å²) in [6.45, 7) is 9.27. The second-order valence-electron chi connectivity index (χ2n) is 3.74. The minimum absolute atomic E-state index is 0.548. The molecule has 1 unspecified atom stereocenters. The standard InChI is InChI=1S/C13H20N2S/c1-5-8-11(14-7-3)12-9-16-13(15-12)10(4)6-2/h5,8-10H,6-7H2,1-4H3/b8-5-,14-11?. The molecule has 0 fully saturated rings. The third-order valence-electron chi connectivity index (χ3n) is 2.47. The van der Waals surface area contributed by atoms with Crippen molar-refractivity contribution in [1.29, 1.82) is 0 Å². The molecule has 1 heterocycles. The van der Waals surface area contributed by atoms with E-state index >= 15 is 0 Å². The topological polar surface area (TPSA) is 25.2 Å². The molecule has 88 valence electrons.